The highest BCUT2D eigenvalue weighted by molar-refractivity contribution is 6.01. The van der Waals surface area contributed by atoms with Crippen molar-refractivity contribution in [3.8, 4) is 5.69 Å². The molecule has 0 saturated carbocycles. The molecule has 2 amide bonds. The summed E-state index contributed by atoms with van der Waals surface area (Å²) in [5, 5.41) is 7.66. The minimum absolute atomic E-state index is 0.240. The standard InChI is InChI=1S/C29H27F3N4O2/c1-3-24-26(34-28(38)29(2,31)32)23(15-18-7-5-4-6-8-18)27(37)35(24)22-13-14-25-19(16-22)17-33-36(25)21-11-9-20(30)10-12-21/h4-14,16-17,23-24,26H,3,15H2,1-2H3,(H,34,38)/t23?,24-,26?/m1/s1. The lowest BCUT2D eigenvalue weighted by Crippen LogP contribution is -2.51. The SMILES string of the molecule is CC[C@@H]1C(NC(=O)C(C)(F)F)C(Cc2ccccc2)C(=O)N1c1ccc2c(cnn2-c2ccc(F)cc2)c1. The van der Waals surface area contributed by atoms with Crippen molar-refractivity contribution in [2.24, 2.45) is 5.92 Å². The molecule has 6 nitrogen and oxygen atoms in total. The number of alkyl halides is 2. The Balaban J connectivity index is 1.52. The van der Waals surface area contributed by atoms with E-state index in [0.29, 0.717) is 31.1 Å². The Bertz CT molecular complexity index is 1460. The summed E-state index contributed by atoms with van der Waals surface area (Å²) < 4.78 is 42.8. The van der Waals surface area contributed by atoms with Gasteiger partial charge in [0.1, 0.15) is 5.82 Å². The highest BCUT2D eigenvalue weighted by Gasteiger charge is 2.50. The highest BCUT2D eigenvalue weighted by Crippen LogP contribution is 2.36. The maximum Gasteiger partial charge on any atom is 0.321 e. The van der Waals surface area contributed by atoms with Gasteiger partial charge in [0.05, 0.1) is 35.4 Å². The fourth-order valence-corrected chi connectivity index (χ4v) is 5.20. The van der Waals surface area contributed by atoms with Gasteiger partial charge in [-0.1, -0.05) is 37.3 Å². The number of fused-ring (bicyclic) bond motifs is 1. The van der Waals surface area contributed by atoms with Crippen LogP contribution in [-0.4, -0.2) is 39.6 Å². The number of carbonyl (C=O) groups excluding carboxylic acids is 2. The molecule has 1 aliphatic rings. The predicted molar refractivity (Wildman–Crippen MR) is 139 cm³/mol. The van der Waals surface area contributed by atoms with Gasteiger partial charge in [-0.25, -0.2) is 9.07 Å². The molecule has 3 atom stereocenters. The molecule has 1 fully saturated rings. The molecule has 0 bridgehead atoms. The zero-order valence-corrected chi connectivity index (χ0v) is 20.9. The lowest BCUT2D eigenvalue weighted by molar-refractivity contribution is -0.144. The smallest absolute Gasteiger partial charge is 0.321 e. The van der Waals surface area contributed by atoms with Crippen LogP contribution < -0.4 is 10.2 Å². The number of amides is 2. The minimum Gasteiger partial charge on any atom is -0.345 e. The second kappa shape index (κ2) is 9.96. The number of aromatic nitrogens is 2. The van der Waals surface area contributed by atoms with E-state index in [0.717, 1.165) is 16.5 Å². The lowest BCUT2D eigenvalue weighted by atomic mass is 9.90. The molecule has 1 aliphatic heterocycles. The Morgan fingerprint density at radius 3 is 2.37 bits per heavy atom. The first-order chi connectivity index (χ1) is 18.2. The van der Waals surface area contributed by atoms with Crippen LogP contribution in [0.2, 0.25) is 0 Å². The van der Waals surface area contributed by atoms with Gasteiger partial charge in [-0.05, 0) is 60.9 Å². The number of hydrogen-bond donors (Lipinski definition) is 1. The quantitative estimate of drug-likeness (QED) is 0.360. The van der Waals surface area contributed by atoms with Crippen molar-refractivity contribution in [2.75, 3.05) is 4.90 Å². The molecule has 196 valence electrons. The summed E-state index contributed by atoms with van der Waals surface area (Å²) in [7, 11) is 0. The zero-order valence-electron chi connectivity index (χ0n) is 20.9. The second-order valence-corrected chi connectivity index (χ2v) is 9.64. The van der Waals surface area contributed by atoms with Crippen LogP contribution in [0.4, 0.5) is 18.9 Å². The normalized spacial score (nSPS) is 19.8. The molecule has 0 aliphatic carbocycles. The number of rotatable bonds is 7. The van der Waals surface area contributed by atoms with Crippen LogP contribution in [0.3, 0.4) is 0 Å². The summed E-state index contributed by atoms with van der Waals surface area (Å²) in [6, 6.07) is 19.4. The van der Waals surface area contributed by atoms with E-state index in [4.69, 9.17) is 0 Å². The van der Waals surface area contributed by atoms with Gasteiger partial charge in [0, 0.05) is 18.0 Å². The van der Waals surface area contributed by atoms with Gasteiger partial charge in [0.2, 0.25) is 5.91 Å². The second-order valence-electron chi connectivity index (χ2n) is 9.64. The fourth-order valence-electron chi connectivity index (χ4n) is 5.20. The largest absolute Gasteiger partial charge is 0.345 e. The Morgan fingerprint density at radius 2 is 1.71 bits per heavy atom. The van der Waals surface area contributed by atoms with Crippen molar-refractivity contribution in [1.29, 1.82) is 0 Å². The van der Waals surface area contributed by atoms with E-state index < -0.39 is 29.8 Å². The van der Waals surface area contributed by atoms with Crippen LogP contribution in [0, 0.1) is 11.7 Å². The van der Waals surface area contributed by atoms with Gasteiger partial charge in [0.25, 0.3) is 5.91 Å². The average Bonchev–Trinajstić information content (AvgIpc) is 3.43. The summed E-state index contributed by atoms with van der Waals surface area (Å²) in [4.78, 5) is 27.8. The van der Waals surface area contributed by atoms with E-state index in [1.807, 2.05) is 49.4 Å². The number of anilines is 1. The monoisotopic (exact) mass is 520 g/mol. The first kappa shape index (κ1) is 25.5. The molecule has 5 rings (SSSR count). The van der Waals surface area contributed by atoms with Crippen LogP contribution in [-0.2, 0) is 16.0 Å². The Labute approximate surface area is 218 Å². The number of hydrogen-bond acceptors (Lipinski definition) is 3. The van der Waals surface area contributed by atoms with E-state index >= 15 is 0 Å². The molecule has 2 unspecified atom stereocenters. The molecular formula is C29H27F3N4O2. The summed E-state index contributed by atoms with van der Waals surface area (Å²) >= 11 is 0. The highest BCUT2D eigenvalue weighted by atomic mass is 19.3. The zero-order chi connectivity index (χ0) is 27.0. The third kappa shape index (κ3) is 4.76. The van der Waals surface area contributed by atoms with Crippen LogP contribution >= 0.6 is 0 Å². The average molecular weight is 521 g/mol. The summed E-state index contributed by atoms with van der Waals surface area (Å²) in [5.41, 5.74) is 2.91. The molecule has 0 spiro atoms. The molecule has 0 radical (unpaired) electrons. The van der Waals surface area contributed by atoms with Gasteiger partial charge < -0.3 is 10.2 Å². The Kier molecular flexibility index (Phi) is 6.69. The molecule has 1 saturated heterocycles. The topological polar surface area (TPSA) is 67.2 Å². The molecule has 1 aromatic heterocycles. The predicted octanol–water partition coefficient (Wildman–Crippen LogP) is 5.29. The molecule has 1 N–H and O–H groups in total. The van der Waals surface area contributed by atoms with E-state index in [-0.39, 0.29) is 11.7 Å². The van der Waals surface area contributed by atoms with E-state index in [1.165, 1.54) is 12.1 Å². The molecule has 2 heterocycles. The molecule has 4 aromatic rings. The van der Waals surface area contributed by atoms with Crippen molar-refractivity contribution >= 4 is 28.4 Å². The number of nitrogens with zero attached hydrogens (tertiary/aromatic N) is 3. The van der Waals surface area contributed by atoms with Crippen molar-refractivity contribution in [3.05, 3.63) is 90.4 Å². The Morgan fingerprint density at radius 1 is 1.03 bits per heavy atom. The van der Waals surface area contributed by atoms with E-state index in [9.17, 15) is 22.8 Å². The van der Waals surface area contributed by atoms with Gasteiger partial charge in [-0.3, -0.25) is 9.59 Å². The summed E-state index contributed by atoms with van der Waals surface area (Å²) in [6.45, 7) is 2.42. The number of benzene rings is 3. The molecule has 9 heteroatoms. The number of nitrogens with one attached hydrogen (secondary N) is 1. The van der Waals surface area contributed by atoms with Crippen molar-refractivity contribution < 1.29 is 22.8 Å². The minimum atomic E-state index is -3.57. The van der Waals surface area contributed by atoms with E-state index in [1.54, 1.807) is 34.0 Å². The third-order valence-corrected chi connectivity index (χ3v) is 7.05. The Hall–Kier alpha value is -4.14. The van der Waals surface area contributed by atoms with E-state index in [2.05, 4.69) is 10.4 Å². The molecule has 3 aromatic carbocycles. The van der Waals surface area contributed by atoms with Crippen LogP contribution in [0.1, 0.15) is 25.8 Å². The summed E-state index contributed by atoms with van der Waals surface area (Å²) in [6.07, 6.45) is 2.41. The van der Waals surface area contributed by atoms with Gasteiger partial charge in [0.15, 0.2) is 0 Å². The summed E-state index contributed by atoms with van der Waals surface area (Å²) in [5.74, 6) is -6.27. The van der Waals surface area contributed by atoms with Gasteiger partial charge in [-0.15, -0.1) is 0 Å². The van der Waals surface area contributed by atoms with Crippen LogP contribution in [0.15, 0.2) is 79.0 Å². The number of halogens is 3. The van der Waals surface area contributed by atoms with Crippen LogP contribution in [0.5, 0.6) is 0 Å². The lowest BCUT2D eigenvalue weighted by Gasteiger charge is -2.29. The number of carbonyl (C=O) groups is 2. The van der Waals surface area contributed by atoms with Crippen LogP contribution in [0.25, 0.3) is 16.6 Å². The third-order valence-electron chi connectivity index (χ3n) is 7.05. The van der Waals surface area contributed by atoms with Gasteiger partial charge in [-0.2, -0.15) is 13.9 Å². The fraction of sp³-hybridized carbons (Fsp3) is 0.276. The van der Waals surface area contributed by atoms with Crippen molar-refractivity contribution in [1.82, 2.24) is 15.1 Å². The van der Waals surface area contributed by atoms with Crippen molar-refractivity contribution in [2.45, 2.75) is 44.7 Å². The molecule has 38 heavy (non-hydrogen) atoms. The van der Waals surface area contributed by atoms with Gasteiger partial charge >= 0.3 is 5.92 Å². The maximum atomic E-state index is 13.9. The van der Waals surface area contributed by atoms with Crippen molar-refractivity contribution in [3.63, 3.8) is 0 Å². The maximum absolute atomic E-state index is 13.9. The first-order valence-electron chi connectivity index (χ1n) is 12.5. The molecular weight excluding hydrogens is 493 g/mol. The first-order valence-corrected chi connectivity index (χ1v) is 12.5.